The largest absolute Gasteiger partial charge is 0.459 e. The Hall–Kier alpha value is -3.42. The topological polar surface area (TPSA) is 97.1 Å². The van der Waals surface area contributed by atoms with E-state index in [-0.39, 0.29) is 30.0 Å². The number of imide groups is 1. The van der Waals surface area contributed by atoms with Crippen molar-refractivity contribution in [2.45, 2.75) is 57.5 Å². The van der Waals surface area contributed by atoms with Crippen molar-refractivity contribution in [2.24, 2.45) is 0 Å². The monoisotopic (exact) mass is 424 g/mol. The summed E-state index contributed by atoms with van der Waals surface area (Å²) in [4.78, 5) is 53.1. The third kappa shape index (κ3) is 4.23. The molecule has 0 spiro atoms. The van der Waals surface area contributed by atoms with E-state index in [9.17, 15) is 19.2 Å². The molecule has 0 radical (unpaired) electrons. The highest BCUT2D eigenvalue weighted by atomic mass is 16.5. The first kappa shape index (κ1) is 20.8. The number of benzene rings is 1. The van der Waals surface area contributed by atoms with Crippen LogP contribution in [0.15, 0.2) is 47.1 Å². The molecule has 8 nitrogen and oxygen atoms in total. The van der Waals surface area contributed by atoms with Gasteiger partial charge in [-0.3, -0.25) is 19.2 Å². The lowest BCUT2D eigenvalue weighted by molar-refractivity contribution is -0.132. The number of furan rings is 1. The van der Waals surface area contributed by atoms with Crippen LogP contribution in [0.1, 0.15) is 56.0 Å². The summed E-state index contributed by atoms with van der Waals surface area (Å²) in [5.41, 5.74) is 0.377. The molecule has 1 aromatic carbocycles. The van der Waals surface area contributed by atoms with Crippen LogP contribution in [-0.4, -0.2) is 40.7 Å². The van der Waals surface area contributed by atoms with E-state index in [0.717, 1.165) is 37.0 Å². The number of nitrogens with zero attached hydrogens (tertiary/aromatic N) is 2. The van der Waals surface area contributed by atoms with Gasteiger partial charge in [0.05, 0.1) is 18.4 Å². The third-order valence-electron chi connectivity index (χ3n) is 5.75. The summed E-state index contributed by atoms with van der Waals surface area (Å²) < 4.78 is 10.3. The van der Waals surface area contributed by atoms with Crippen LogP contribution in [0.4, 0.5) is 5.69 Å². The van der Waals surface area contributed by atoms with Crippen molar-refractivity contribution in [2.75, 3.05) is 4.90 Å². The van der Waals surface area contributed by atoms with Gasteiger partial charge in [-0.15, -0.1) is 0 Å². The van der Waals surface area contributed by atoms with Crippen molar-refractivity contribution in [3.05, 3.63) is 48.4 Å². The predicted molar refractivity (Wildman–Crippen MR) is 110 cm³/mol. The maximum Gasteiger partial charge on any atom is 0.308 e. The van der Waals surface area contributed by atoms with Gasteiger partial charge in [0.15, 0.2) is 5.76 Å². The summed E-state index contributed by atoms with van der Waals surface area (Å²) in [6.07, 6.45) is 5.98. The van der Waals surface area contributed by atoms with Gasteiger partial charge < -0.3 is 14.1 Å². The van der Waals surface area contributed by atoms with Crippen LogP contribution >= 0.6 is 0 Å². The molecular weight excluding hydrogens is 400 g/mol. The van der Waals surface area contributed by atoms with Crippen LogP contribution in [0, 0.1) is 0 Å². The second-order valence-electron chi connectivity index (χ2n) is 7.86. The second kappa shape index (κ2) is 8.75. The lowest BCUT2D eigenvalue weighted by Gasteiger charge is -2.36. The van der Waals surface area contributed by atoms with Gasteiger partial charge >= 0.3 is 5.97 Å². The van der Waals surface area contributed by atoms with E-state index in [1.165, 1.54) is 25.3 Å². The molecule has 0 N–H and O–H groups in total. The SMILES string of the molecule is CC(=O)Oc1ccc(N2C(=O)CC(N(C(=O)c3ccco3)C3CCCCC3)C2=O)cc1. The number of esters is 1. The van der Waals surface area contributed by atoms with Gasteiger partial charge in [0.2, 0.25) is 5.91 Å². The molecule has 4 rings (SSSR count). The smallest absolute Gasteiger partial charge is 0.308 e. The Morgan fingerprint density at radius 1 is 1.06 bits per heavy atom. The highest BCUT2D eigenvalue weighted by Gasteiger charge is 2.47. The Labute approximate surface area is 179 Å². The average Bonchev–Trinajstić information content (AvgIpc) is 3.38. The molecule has 2 aromatic rings. The van der Waals surface area contributed by atoms with Gasteiger partial charge in [-0.1, -0.05) is 19.3 Å². The maximum absolute atomic E-state index is 13.3. The molecule has 2 aliphatic rings. The molecule has 1 unspecified atom stereocenters. The molecule has 0 bridgehead atoms. The fourth-order valence-corrected chi connectivity index (χ4v) is 4.38. The van der Waals surface area contributed by atoms with E-state index >= 15 is 0 Å². The quantitative estimate of drug-likeness (QED) is 0.415. The minimum atomic E-state index is -0.874. The summed E-state index contributed by atoms with van der Waals surface area (Å²) in [5.74, 6) is -1.14. The van der Waals surface area contributed by atoms with E-state index < -0.39 is 17.9 Å². The lowest BCUT2D eigenvalue weighted by Crippen LogP contribution is -2.51. The van der Waals surface area contributed by atoms with Crippen molar-refractivity contribution in [3.63, 3.8) is 0 Å². The summed E-state index contributed by atoms with van der Waals surface area (Å²) in [6.45, 7) is 1.29. The Bertz CT molecular complexity index is 976. The fourth-order valence-electron chi connectivity index (χ4n) is 4.38. The van der Waals surface area contributed by atoms with Crippen molar-refractivity contribution in [1.29, 1.82) is 0 Å². The zero-order chi connectivity index (χ0) is 22.0. The van der Waals surface area contributed by atoms with E-state index in [1.807, 2.05) is 0 Å². The van der Waals surface area contributed by atoms with E-state index in [4.69, 9.17) is 9.15 Å². The van der Waals surface area contributed by atoms with Gasteiger partial charge in [-0.25, -0.2) is 4.90 Å². The molecule has 162 valence electrons. The molecule has 1 aliphatic heterocycles. The van der Waals surface area contributed by atoms with E-state index in [1.54, 1.807) is 29.2 Å². The number of anilines is 1. The third-order valence-corrected chi connectivity index (χ3v) is 5.75. The van der Waals surface area contributed by atoms with Crippen molar-refractivity contribution in [1.82, 2.24) is 4.90 Å². The molecule has 1 aromatic heterocycles. The Balaban J connectivity index is 1.61. The standard InChI is InChI=1S/C23H24N2O6/c1-15(26)31-18-11-9-17(10-12-18)25-21(27)14-19(22(25)28)24(16-6-3-2-4-7-16)23(29)20-8-5-13-30-20/h5,8-13,16,19H,2-4,6-7,14H2,1H3. The number of carbonyl (C=O) groups is 4. The van der Waals surface area contributed by atoms with E-state index in [0.29, 0.717) is 11.4 Å². The van der Waals surface area contributed by atoms with Crippen molar-refractivity contribution < 1.29 is 28.3 Å². The van der Waals surface area contributed by atoms with Crippen LogP contribution in [0.2, 0.25) is 0 Å². The van der Waals surface area contributed by atoms with Crippen LogP contribution in [0.25, 0.3) is 0 Å². The highest BCUT2D eigenvalue weighted by molar-refractivity contribution is 6.23. The number of ether oxygens (including phenoxy) is 1. The van der Waals surface area contributed by atoms with Gasteiger partial charge in [-0.05, 0) is 49.2 Å². The minimum Gasteiger partial charge on any atom is -0.459 e. The molecule has 2 fully saturated rings. The van der Waals surface area contributed by atoms with E-state index in [2.05, 4.69) is 0 Å². The van der Waals surface area contributed by atoms with Crippen LogP contribution in [0.5, 0.6) is 5.75 Å². The molecule has 31 heavy (non-hydrogen) atoms. The summed E-state index contributed by atoms with van der Waals surface area (Å²) in [5, 5.41) is 0. The molecule has 8 heteroatoms. The summed E-state index contributed by atoms with van der Waals surface area (Å²) >= 11 is 0. The lowest BCUT2D eigenvalue weighted by atomic mass is 9.92. The molecule has 1 aliphatic carbocycles. The minimum absolute atomic E-state index is 0.0759. The number of hydrogen-bond acceptors (Lipinski definition) is 6. The van der Waals surface area contributed by atoms with Gasteiger partial charge in [0.1, 0.15) is 11.8 Å². The fraction of sp³-hybridized carbons (Fsp3) is 0.391. The first-order valence-electron chi connectivity index (χ1n) is 10.5. The second-order valence-corrected chi connectivity index (χ2v) is 7.86. The maximum atomic E-state index is 13.3. The van der Waals surface area contributed by atoms with Crippen LogP contribution in [0.3, 0.4) is 0 Å². The Morgan fingerprint density at radius 2 is 1.77 bits per heavy atom. The molecule has 1 saturated heterocycles. The summed E-state index contributed by atoms with van der Waals surface area (Å²) in [6, 6.07) is 8.37. The van der Waals surface area contributed by atoms with Gasteiger partial charge in [-0.2, -0.15) is 0 Å². The van der Waals surface area contributed by atoms with Gasteiger partial charge in [0, 0.05) is 13.0 Å². The van der Waals surface area contributed by atoms with Crippen LogP contribution in [-0.2, 0) is 14.4 Å². The zero-order valence-corrected chi connectivity index (χ0v) is 17.3. The van der Waals surface area contributed by atoms with Crippen molar-refractivity contribution in [3.8, 4) is 5.75 Å². The normalized spacial score (nSPS) is 19.5. The summed E-state index contributed by atoms with van der Waals surface area (Å²) in [7, 11) is 0. The van der Waals surface area contributed by atoms with Crippen LogP contribution < -0.4 is 9.64 Å². The number of rotatable bonds is 5. The zero-order valence-electron chi connectivity index (χ0n) is 17.3. The number of amides is 3. The average molecular weight is 424 g/mol. The number of hydrogen-bond donors (Lipinski definition) is 0. The number of carbonyl (C=O) groups excluding carboxylic acids is 4. The predicted octanol–water partition coefficient (Wildman–Crippen LogP) is 3.31. The molecule has 1 saturated carbocycles. The van der Waals surface area contributed by atoms with Crippen molar-refractivity contribution >= 4 is 29.4 Å². The molecule has 3 amide bonds. The Morgan fingerprint density at radius 3 is 2.39 bits per heavy atom. The molecule has 2 heterocycles. The first-order valence-corrected chi connectivity index (χ1v) is 10.5. The first-order chi connectivity index (χ1) is 15.0. The molecule has 1 atom stereocenters. The Kier molecular flexibility index (Phi) is 5.88. The van der Waals surface area contributed by atoms with Gasteiger partial charge in [0.25, 0.3) is 11.8 Å². The highest BCUT2D eigenvalue weighted by Crippen LogP contribution is 2.32. The molecular formula is C23H24N2O6.